The van der Waals surface area contributed by atoms with Gasteiger partial charge in [-0.05, 0) is 55.8 Å². The van der Waals surface area contributed by atoms with E-state index in [0.29, 0.717) is 5.69 Å². The van der Waals surface area contributed by atoms with Crippen LogP contribution >= 0.6 is 0 Å². The van der Waals surface area contributed by atoms with E-state index in [1.807, 2.05) is 19.3 Å². The molecule has 0 radical (unpaired) electrons. The highest BCUT2D eigenvalue weighted by atomic mass is 19.4. The van der Waals surface area contributed by atoms with Crippen molar-refractivity contribution < 1.29 is 18.0 Å². The summed E-state index contributed by atoms with van der Waals surface area (Å²) in [7, 11) is 1.98. The smallest absolute Gasteiger partial charge is 0.353 e. The van der Waals surface area contributed by atoms with Gasteiger partial charge in [-0.25, -0.2) is 0 Å². The van der Waals surface area contributed by atoms with Crippen LogP contribution in [-0.4, -0.2) is 28.5 Å². The SMILES string of the molecule is Cn1cccc1[C@@H]1CCCN1CC(=O)Nc1ccc(C(F)(F)F)cc1. The second-order valence-electron chi connectivity index (χ2n) is 6.30. The maximum absolute atomic E-state index is 12.6. The van der Waals surface area contributed by atoms with E-state index >= 15 is 0 Å². The minimum atomic E-state index is -4.37. The van der Waals surface area contributed by atoms with Crippen LogP contribution in [0.15, 0.2) is 42.6 Å². The van der Waals surface area contributed by atoms with E-state index in [1.54, 1.807) is 0 Å². The Bertz CT molecular complexity index is 737. The van der Waals surface area contributed by atoms with Gasteiger partial charge in [0.15, 0.2) is 0 Å². The molecule has 1 N–H and O–H groups in total. The van der Waals surface area contributed by atoms with Crippen LogP contribution in [0.4, 0.5) is 18.9 Å². The zero-order chi connectivity index (χ0) is 18.0. The van der Waals surface area contributed by atoms with Gasteiger partial charge in [0.25, 0.3) is 0 Å². The number of carbonyl (C=O) groups is 1. The first-order valence-corrected chi connectivity index (χ1v) is 8.17. The molecule has 1 aliphatic rings. The van der Waals surface area contributed by atoms with Gasteiger partial charge in [0, 0.05) is 24.6 Å². The summed E-state index contributed by atoms with van der Waals surface area (Å²) in [5.74, 6) is -0.221. The van der Waals surface area contributed by atoms with Gasteiger partial charge in [0.1, 0.15) is 0 Å². The molecule has 1 atom stereocenters. The first-order valence-electron chi connectivity index (χ1n) is 8.17. The summed E-state index contributed by atoms with van der Waals surface area (Å²) in [5.41, 5.74) is 0.807. The molecule has 0 saturated carbocycles. The van der Waals surface area contributed by atoms with E-state index < -0.39 is 11.7 Å². The zero-order valence-electron chi connectivity index (χ0n) is 13.9. The molecule has 1 saturated heterocycles. The quantitative estimate of drug-likeness (QED) is 0.909. The van der Waals surface area contributed by atoms with Gasteiger partial charge >= 0.3 is 6.18 Å². The topological polar surface area (TPSA) is 37.3 Å². The van der Waals surface area contributed by atoms with Crippen LogP contribution in [0.3, 0.4) is 0 Å². The third-order valence-electron chi connectivity index (χ3n) is 4.53. The molecule has 0 unspecified atom stereocenters. The summed E-state index contributed by atoms with van der Waals surface area (Å²) >= 11 is 0. The fraction of sp³-hybridized carbons (Fsp3) is 0.389. The van der Waals surface area contributed by atoms with Crippen molar-refractivity contribution in [3.63, 3.8) is 0 Å². The summed E-state index contributed by atoms with van der Waals surface area (Å²) in [6, 6.07) is 8.72. The number of amides is 1. The number of aromatic nitrogens is 1. The number of nitrogens with zero attached hydrogens (tertiary/aromatic N) is 2. The fourth-order valence-electron chi connectivity index (χ4n) is 3.30. The van der Waals surface area contributed by atoms with Gasteiger partial charge < -0.3 is 9.88 Å². The van der Waals surface area contributed by atoms with E-state index in [-0.39, 0.29) is 18.5 Å². The summed E-state index contributed by atoms with van der Waals surface area (Å²) in [5, 5.41) is 2.67. The van der Waals surface area contributed by atoms with Gasteiger partial charge in [-0.3, -0.25) is 9.69 Å². The number of alkyl halides is 3. The molecule has 2 heterocycles. The van der Waals surface area contributed by atoms with Gasteiger partial charge in [0.05, 0.1) is 18.2 Å². The number of benzene rings is 1. The number of nitrogens with one attached hydrogen (secondary N) is 1. The Kier molecular flexibility index (Phi) is 4.85. The monoisotopic (exact) mass is 351 g/mol. The van der Waals surface area contributed by atoms with Gasteiger partial charge in [-0.1, -0.05) is 0 Å². The molecule has 1 fully saturated rings. The van der Waals surface area contributed by atoms with Crippen LogP contribution in [-0.2, 0) is 18.0 Å². The Morgan fingerprint density at radius 1 is 1.24 bits per heavy atom. The molecular weight excluding hydrogens is 331 g/mol. The van der Waals surface area contributed by atoms with Crippen LogP contribution in [0.25, 0.3) is 0 Å². The van der Waals surface area contributed by atoms with Crippen molar-refractivity contribution in [3.8, 4) is 0 Å². The minimum Gasteiger partial charge on any atom is -0.353 e. The highest BCUT2D eigenvalue weighted by molar-refractivity contribution is 5.92. The Labute approximate surface area is 144 Å². The minimum absolute atomic E-state index is 0.193. The predicted molar refractivity (Wildman–Crippen MR) is 89.0 cm³/mol. The summed E-state index contributed by atoms with van der Waals surface area (Å²) < 4.78 is 39.8. The first-order chi connectivity index (χ1) is 11.8. The predicted octanol–water partition coefficient (Wildman–Crippen LogP) is 3.82. The van der Waals surface area contributed by atoms with Crippen molar-refractivity contribution in [2.24, 2.45) is 7.05 Å². The Balaban J connectivity index is 1.61. The number of halogens is 3. The number of rotatable bonds is 4. The second kappa shape index (κ2) is 6.92. The van der Waals surface area contributed by atoms with Gasteiger partial charge in [0.2, 0.25) is 5.91 Å². The number of carbonyl (C=O) groups excluding carboxylic acids is 1. The van der Waals surface area contributed by atoms with E-state index in [2.05, 4.69) is 20.9 Å². The lowest BCUT2D eigenvalue weighted by atomic mass is 10.1. The van der Waals surface area contributed by atoms with Gasteiger partial charge in [-0.15, -0.1) is 0 Å². The van der Waals surface area contributed by atoms with E-state index in [0.717, 1.165) is 31.5 Å². The van der Waals surface area contributed by atoms with Crippen molar-refractivity contribution in [2.75, 3.05) is 18.4 Å². The summed E-state index contributed by atoms with van der Waals surface area (Å²) in [6.07, 6.45) is -0.386. The zero-order valence-corrected chi connectivity index (χ0v) is 13.9. The van der Waals surface area contributed by atoms with Crippen LogP contribution in [0.5, 0.6) is 0 Å². The van der Waals surface area contributed by atoms with Crippen molar-refractivity contribution in [1.29, 1.82) is 0 Å². The molecule has 25 heavy (non-hydrogen) atoms. The molecule has 0 aliphatic carbocycles. The largest absolute Gasteiger partial charge is 0.416 e. The third kappa shape index (κ3) is 4.04. The number of anilines is 1. The van der Waals surface area contributed by atoms with Crippen LogP contribution < -0.4 is 5.32 Å². The standard InChI is InChI=1S/C18H20F3N3O/c1-23-10-2-4-15(23)16-5-3-11-24(16)12-17(25)22-14-8-6-13(7-9-14)18(19,20)21/h2,4,6-10,16H,3,5,11-12H2,1H3,(H,22,25)/t16-/m0/s1. The molecule has 3 rings (SSSR count). The fourth-order valence-corrected chi connectivity index (χ4v) is 3.30. The normalized spacial score (nSPS) is 18.5. The highest BCUT2D eigenvalue weighted by Gasteiger charge is 2.30. The molecule has 4 nitrogen and oxygen atoms in total. The maximum atomic E-state index is 12.6. The molecule has 1 aromatic carbocycles. The van der Waals surface area contributed by atoms with E-state index in [9.17, 15) is 18.0 Å². The van der Waals surface area contributed by atoms with Crippen molar-refractivity contribution in [2.45, 2.75) is 25.1 Å². The van der Waals surface area contributed by atoms with Crippen molar-refractivity contribution in [3.05, 3.63) is 53.9 Å². The molecule has 1 aromatic heterocycles. The molecule has 2 aromatic rings. The van der Waals surface area contributed by atoms with Crippen molar-refractivity contribution >= 4 is 11.6 Å². The van der Waals surface area contributed by atoms with E-state index in [4.69, 9.17) is 0 Å². The van der Waals surface area contributed by atoms with E-state index in [1.165, 1.54) is 17.8 Å². The summed E-state index contributed by atoms with van der Waals surface area (Å²) in [4.78, 5) is 14.4. The molecule has 1 aliphatic heterocycles. The molecule has 134 valence electrons. The lowest BCUT2D eigenvalue weighted by molar-refractivity contribution is -0.137. The molecule has 1 amide bonds. The number of likely N-dealkylation sites (tertiary alicyclic amines) is 1. The second-order valence-corrected chi connectivity index (χ2v) is 6.30. The average molecular weight is 351 g/mol. The molecule has 7 heteroatoms. The first kappa shape index (κ1) is 17.5. The molecular formula is C18H20F3N3O. The van der Waals surface area contributed by atoms with Crippen LogP contribution in [0, 0.1) is 0 Å². The maximum Gasteiger partial charge on any atom is 0.416 e. The number of hydrogen-bond acceptors (Lipinski definition) is 2. The highest BCUT2D eigenvalue weighted by Crippen LogP contribution is 2.32. The Hall–Kier alpha value is -2.28. The Morgan fingerprint density at radius 3 is 2.56 bits per heavy atom. The average Bonchev–Trinajstić information content (AvgIpc) is 3.15. The molecule has 0 spiro atoms. The van der Waals surface area contributed by atoms with Gasteiger partial charge in [-0.2, -0.15) is 13.2 Å². The number of hydrogen-bond donors (Lipinski definition) is 1. The van der Waals surface area contributed by atoms with Crippen LogP contribution in [0.2, 0.25) is 0 Å². The lowest BCUT2D eigenvalue weighted by Crippen LogP contribution is -2.33. The Morgan fingerprint density at radius 2 is 1.96 bits per heavy atom. The van der Waals surface area contributed by atoms with Crippen LogP contribution in [0.1, 0.15) is 30.1 Å². The van der Waals surface area contributed by atoms with Crippen molar-refractivity contribution in [1.82, 2.24) is 9.47 Å². The number of aryl methyl sites for hydroxylation is 1. The lowest BCUT2D eigenvalue weighted by Gasteiger charge is -2.24. The molecule has 0 bridgehead atoms. The summed E-state index contributed by atoms with van der Waals surface area (Å²) in [6.45, 7) is 1.05. The third-order valence-corrected chi connectivity index (χ3v) is 4.53.